The molecule has 21 heavy (non-hydrogen) atoms. The number of hydrogen-bond donors (Lipinski definition) is 1. The van der Waals surface area contributed by atoms with Gasteiger partial charge in [0.2, 0.25) is 0 Å². The quantitative estimate of drug-likeness (QED) is 0.687. The van der Waals surface area contributed by atoms with Crippen molar-refractivity contribution in [2.45, 2.75) is 33.2 Å². The molecule has 1 nitrogen and oxygen atoms in total. The lowest BCUT2D eigenvalue weighted by atomic mass is 9.94. The Bertz CT molecular complexity index is 650. The minimum absolute atomic E-state index is 0.289. The standard InChI is InChI=1S/C18H21Br2N/c1-11-5-6-12(2)14(7-11)9-18(21-4)15-10-16(19)13(3)8-17(15)20/h5-8,10,18,21H,9H2,1-4H3. The Labute approximate surface area is 144 Å². The minimum atomic E-state index is 0.289. The maximum Gasteiger partial charge on any atom is 0.0370 e. The first-order valence-electron chi connectivity index (χ1n) is 7.11. The molecule has 2 aromatic carbocycles. The van der Waals surface area contributed by atoms with E-state index in [0.717, 1.165) is 15.4 Å². The second kappa shape index (κ2) is 7.08. The molecule has 0 radical (unpaired) electrons. The lowest BCUT2D eigenvalue weighted by Gasteiger charge is -2.21. The highest BCUT2D eigenvalue weighted by molar-refractivity contribution is 9.11. The monoisotopic (exact) mass is 409 g/mol. The summed E-state index contributed by atoms with van der Waals surface area (Å²) in [6.45, 7) is 6.44. The summed E-state index contributed by atoms with van der Waals surface area (Å²) < 4.78 is 2.31. The maximum atomic E-state index is 3.71. The lowest BCUT2D eigenvalue weighted by molar-refractivity contribution is 0.587. The van der Waals surface area contributed by atoms with Gasteiger partial charge in [-0.05, 0) is 68.6 Å². The van der Waals surface area contributed by atoms with E-state index < -0.39 is 0 Å². The van der Waals surface area contributed by atoms with Crippen LogP contribution in [0.4, 0.5) is 0 Å². The van der Waals surface area contributed by atoms with Crippen molar-refractivity contribution >= 4 is 31.9 Å². The molecule has 0 heterocycles. The Morgan fingerprint density at radius 3 is 2.33 bits per heavy atom. The lowest BCUT2D eigenvalue weighted by Crippen LogP contribution is -2.20. The van der Waals surface area contributed by atoms with Crippen molar-refractivity contribution in [3.8, 4) is 0 Å². The molecule has 2 aromatic rings. The number of hydrogen-bond acceptors (Lipinski definition) is 1. The average molecular weight is 411 g/mol. The van der Waals surface area contributed by atoms with E-state index in [4.69, 9.17) is 0 Å². The van der Waals surface area contributed by atoms with Crippen LogP contribution in [0.15, 0.2) is 39.3 Å². The van der Waals surface area contributed by atoms with Gasteiger partial charge in [0.25, 0.3) is 0 Å². The molecule has 1 N–H and O–H groups in total. The molecule has 2 rings (SSSR count). The first-order valence-corrected chi connectivity index (χ1v) is 8.70. The van der Waals surface area contributed by atoms with Gasteiger partial charge in [-0.2, -0.15) is 0 Å². The number of benzene rings is 2. The molecule has 0 fully saturated rings. The molecule has 3 heteroatoms. The molecule has 0 aromatic heterocycles. The van der Waals surface area contributed by atoms with Gasteiger partial charge in [-0.15, -0.1) is 0 Å². The van der Waals surface area contributed by atoms with Crippen LogP contribution in [0.5, 0.6) is 0 Å². The van der Waals surface area contributed by atoms with Crippen LogP contribution in [-0.2, 0) is 6.42 Å². The Hall–Kier alpha value is -0.640. The summed E-state index contributed by atoms with van der Waals surface area (Å²) in [6, 6.07) is 11.3. The molecular weight excluding hydrogens is 390 g/mol. The Kier molecular flexibility index (Phi) is 5.64. The average Bonchev–Trinajstić information content (AvgIpc) is 2.44. The van der Waals surface area contributed by atoms with Crippen molar-refractivity contribution in [1.29, 1.82) is 0 Å². The zero-order valence-corrected chi connectivity index (χ0v) is 16.1. The first-order chi connectivity index (χ1) is 9.92. The van der Waals surface area contributed by atoms with E-state index in [1.165, 1.54) is 27.8 Å². The third kappa shape index (κ3) is 3.97. The highest BCUT2D eigenvalue weighted by atomic mass is 79.9. The van der Waals surface area contributed by atoms with Gasteiger partial charge < -0.3 is 5.32 Å². The van der Waals surface area contributed by atoms with Gasteiger partial charge in [0.05, 0.1) is 0 Å². The van der Waals surface area contributed by atoms with Gasteiger partial charge in [-0.1, -0.05) is 55.6 Å². The van der Waals surface area contributed by atoms with Gasteiger partial charge in [-0.3, -0.25) is 0 Å². The summed E-state index contributed by atoms with van der Waals surface area (Å²) in [7, 11) is 2.02. The minimum Gasteiger partial charge on any atom is -0.313 e. The van der Waals surface area contributed by atoms with Crippen LogP contribution in [0, 0.1) is 20.8 Å². The van der Waals surface area contributed by atoms with Crippen LogP contribution >= 0.6 is 31.9 Å². The molecule has 0 saturated carbocycles. The smallest absolute Gasteiger partial charge is 0.0370 e. The molecule has 0 amide bonds. The molecule has 0 aliphatic rings. The highest BCUT2D eigenvalue weighted by Gasteiger charge is 2.16. The number of halogens is 2. The fourth-order valence-corrected chi connectivity index (χ4v) is 3.63. The fraction of sp³-hybridized carbons (Fsp3) is 0.333. The summed E-state index contributed by atoms with van der Waals surface area (Å²) in [5.74, 6) is 0. The van der Waals surface area contributed by atoms with Crippen molar-refractivity contribution < 1.29 is 0 Å². The second-order valence-corrected chi connectivity index (χ2v) is 7.31. The van der Waals surface area contributed by atoms with Gasteiger partial charge in [0, 0.05) is 15.0 Å². The van der Waals surface area contributed by atoms with E-state index in [9.17, 15) is 0 Å². The summed E-state index contributed by atoms with van der Waals surface area (Å²) in [6.07, 6.45) is 0.984. The van der Waals surface area contributed by atoms with E-state index >= 15 is 0 Å². The Morgan fingerprint density at radius 2 is 1.67 bits per heavy atom. The van der Waals surface area contributed by atoms with Crippen molar-refractivity contribution in [1.82, 2.24) is 5.32 Å². The van der Waals surface area contributed by atoms with Gasteiger partial charge in [0.1, 0.15) is 0 Å². The van der Waals surface area contributed by atoms with Crippen molar-refractivity contribution in [3.05, 3.63) is 67.1 Å². The molecule has 112 valence electrons. The molecule has 0 aliphatic heterocycles. The molecule has 1 unspecified atom stereocenters. The zero-order chi connectivity index (χ0) is 15.6. The van der Waals surface area contributed by atoms with Crippen LogP contribution in [0.3, 0.4) is 0 Å². The van der Waals surface area contributed by atoms with Crippen LogP contribution in [0.1, 0.15) is 33.9 Å². The third-order valence-corrected chi connectivity index (χ3v) is 5.47. The summed E-state index contributed by atoms with van der Waals surface area (Å²) >= 11 is 7.35. The molecular formula is C18H21Br2N. The fourth-order valence-electron chi connectivity index (χ4n) is 2.54. The van der Waals surface area contributed by atoms with Gasteiger partial charge in [0.15, 0.2) is 0 Å². The van der Waals surface area contributed by atoms with Crippen LogP contribution < -0.4 is 5.32 Å². The van der Waals surface area contributed by atoms with E-state index in [1.54, 1.807) is 0 Å². The van der Waals surface area contributed by atoms with Crippen molar-refractivity contribution in [3.63, 3.8) is 0 Å². The van der Waals surface area contributed by atoms with E-state index in [0.29, 0.717) is 0 Å². The SMILES string of the molecule is CNC(Cc1cc(C)ccc1C)c1cc(Br)c(C)cc1Br. The topological polar surface area (TPSA) is 12.0 Å². The normalized spacial score (nSPS) is 12.5. The van der Waals surface area contributed by atoms with Crippen LogP contribution in [0.2, 0.25) is 0 Å². The maximum absolute atomic E-state index is 3.71. The van der Waals surface area contributed by atoms with Gasteiger partial charge >= 0.3 is 0 Å². The third-order valence-electron chi connectivity index (χ3n) is 3.93. The van der Waals surface area contributed by atoms with Crippen LogP contribution in [0.25, 0.3) is 0 Å². The Balaban J connectivity index is 2.36. The summed E-state index contributed by atoms with van der Waals surface area (Å²) in [5, 5.41) is 3.45. The second-order valence-electron chi connectivity index (χ2n) is 5.60. The molecule has 1 atom stereocenters. The van der Waals surface area contributed by atoms with E-state index in [-0.39, 0.29) is 6.04 Å². The zero-order valence-electron chi connectivity index (χ0n) is 12.9. The summed E-state index contributed by atoms with van der Waals surface area (Å²) in [5.41, 5.74) is 6.60. The molecule has 0 spiro atoms. The molecule has 0 saturated heterocycles. The number of aryl methyl sites for hydroxylation is 3. The van der Waals surface area contributed by atoms with E-state index in [1.807, 2.05) is 7.05 Å². The molecule has 0 bridgehead atoms. The number of likely N-dealkylation sites (N-methyl/N-ethyl adjacent to an activating group) is 1. The predicted molar refractivity (Wildman–Crippen MR) is 98.0 cm³/mol. The predicted octanol–water partition coefficient (Wildman–Crippen LogP) is 5.64. The largest absolute Gasteiger partial charge is 0.313 e. The molecule has 0 aliphatic carbocycles. The highest BCUT2D eigenvalue weighted by Crippen LogP contribution is 2.31. The van der Waals surface area contributed by atoms with E-state index in [2.05, 4.69) is 88.3 Å². The Morgan fingerprint density at radius 1 is 0.952 bits per heavy atom. The van der Waals surface area contributed by atoms with Crippen molar-refractivity contribution in [2.24, 2.45) is 0 Å². The van der Waals surface area contributed by atoms with Crippen molar-refractivity contribution in [2.75, 3.05) is 7.05 Å². The number of rotatable bonds is 4. The summed E-state index contributed by atoms with van der Waals surface area (Å²) in [4.78, 5) is 0. The van der Waals surface area contributed by atoms with Gasteiger partial charge in [-0.25, -0.2) is 0 Å². The number of nitrogens with one attached hydrogen (secondary N) is 1. The first kappa shape index (κ1) is 16.7. The van der Waals surface area contributed by atoms with Crippen LogP contribution in [-0.4, -0.2) is 7.05 Å².